The minimum Gasteiger partial charge on any atom is -0.396 e. The van der Waals surface area contributed by atoms with Crippen LogP contribution in [0.15, 0.2) is 0 Å². The minimum absolute atomic E-state index is 0.232. The summed E-state index contributed by atoms with van der Waals surface area (Å²) in [5.41, 5.74) is 0.754. The molecule has 66 valence electrons. The first-order chi connectivity index (χ1) is 4.97. The van der Waals surface area contributed by atoms with Gasteiger partial charge in [-0.2, -0.15) is 0 Å². The van der Waals surface area contributed by atoms with E-state index in [-0.39, 0.29) is 5.41 Å². The Bertz CT molecular complexity index is 128. The molecule has 1 aliphatic rings. The molecule has 0 unspecified atom stereocenters. The highest BCUT2D eigenvalue weighted by Crippen LogP contribution is 2.44. The Labute approximate surface area is 69.8 Å². The van der Waals surface area contributed by atoms with Crippen LogP contribution in [0.5, 0.6) is 0 Å². The van der Waals surface area contributed by atoms with Crippen LogP contribution in [0.2, 0.25) is 0 Å². The van der Waals surface area contributed by atoms with Crippen molar-refractivity contribution < 1.29 is 5.11 Å². The van der Waals surface area contributed by atoms with Crippen LogP contribution in [0.3, 0.4) is 0 Å². The second-order valence-electron chi connectivity index (χ2n) is 5.13. The number of aliphatic hydroxyl groups is 1. The van der Waals surface area contributed by atoms with Gasteiger partial charge in [0.1, 0.15) is 0 Å². The van der Waals surface area contributed by atoms with Crippen LogP contribution in [-0.4, -0.2) is 11.7 Å². The molecule has 11 heavy (non-hydrogen) atoms. The second kappa shape index (κ2) is 2.78. The third-order valence-electron chi connectivity index (χ3n) is 3.19. The molecule has 1 aliphatic carbocycles. The highest BCUT2D eigenvalue weighted by Gasteiger charge is 2.33. The van der Waals surface area contributed by atoms with E-state index in [0.29, 0.717) is 12.0 Å². The molecule has 0 aromatic rings. The normalized spacial score (nSPS) is 28.4. The van der Waals surface area contributed by atoms with E-state index in [1.807, 2.05) is 0 Å². The van der Waals surface area contributed by atoms with Crippen LogP contribution < -0.4 is 0 Å². The van der Waals surface area contributed by atoms with Crippen molar-refractivity contribution in [3.8, 4) is 0 Å². The lowest BCUT2D eigenvalue weighted by Crippen LogP contribution is -2.31. The van der Waals surface area contributed by atoms with Gasteiger partial charge in [-0.3, -0.25) is 0 Å². The van der Waals surface area contributed by atoms with Crippen molar-refractivity contribution >= 4 is 0 Å². The monoisotopic (exact) mass is 156 g/mol. The fraction of sp³-hybridized carbons (Fsp3) is 1.00. The number of rotatable bonds is 1. The molecule has 0 atom stereocenters. The van der Waals surface area contributed by atoms with Crippen LogP contribution in [-0.2, 0) is 0 Å². The first kappa shape index (κ1) is 9.05. The van der Waals surface area contributed by atoms with Crippen LogP contribution in [0.25, 0.3) is 0 Å². The molecule has 1 rings (SSSR count). The second-order valence-corrected chi connectivity index (χ2v) is 5.13. The van der Waals surface area contributed by atoms with Crippen molar-refractivity contribution in [2.75, 3.05) is 6.61 Å². The molecule has 0 aromatic heterocycles. The summed E-state index contributed by atoms with van der Waals surface area (Å²) < 4.78 is 0. The number of hydrogen-bond acceptors (Lipinski definition) is 1. The molecule has 1 fully saturated rings. The van der Waals surface area contributed by atoms with Gasteiger partial charge in [-0.05, 0) is 36.5 Å². The van der Waals surface area contributed by atoms with E-state index in [0.717, 1.165) is 0 Å². The average molecular weight is 156 g/mol. The number of hydrogen-bond donors (Lipinski definition) is 1. The minimum atomic E-state index is 0.232. The summed E-state index contributed by atoms with van der Waals surface area (Å²) in [7, 11) is 0. The Morgan fingerprint density at radius 1 is 1.00 bits per heavy atom. The zero-order chi connectivity index (χ0) is 8.54. The molecule has 1 heteroatoms. The van der Waals surface area contributed by atoms with Crippen LogP contribution in [0.4, 0.5) is 0 Å². The zero-order valence-electron chi connectivity index (χ0n) is 7.98. The highest BCUT2D eigenvalue weighted by molar-refractivity contribution is 4.85. The molecular formula is C10H20O. The summed E-state index contributed by atoms with van der Waals surface area (Å²) >= 11 is 0. The predicted octanol–water partition coefficient (Wildman–Crippen LogP) is 2.59. The molecule has 0 aromatic carbocycles. The zero-order valence-corrected chi connectivity index (χ0v) is 7.98. The highest BCUT2D eigenvalue weighted by atomic mass is 16.3. The number of aliphatic hydroxyl groups excluding tert-OH is 1. The molecule has 0 heterocycles. The summed E-state index contributed by atoms with van der Waals surface area (Å²) in [4.78, 5) is 0. The molecule has 1 nitrogen and oxygen atoms in total. The predicted molar refractivity (Wildman–Crippen MR) is 47.4 cm³/mol. The summed E-state index contributed by atoms with van der Waals surface area (Å²) in [5, 5.41) is 9.12. The lowest BCUT2D eigenvalue weighted by molar-refractivity contribution is 0.0555. The average Bonchev–Trinajstić information content (AvgIpc) is 1.97. The Hall–Kier alpha value is -0.0400. The first-order valence-corrected chi connectivity index (χ1v) is 4.58. The maximum absolute atomic E-state index is 9.12. The summed E-state index contributed by atoms with van der Waals surface area (Å²) in [6.07, 6.45) is 4.92. The van der Waals surface area contributed by atoms with Crippen LogP contribution in [0, 0.1) is 10.8 Å². The summed E-state index contributed by atoms with van der Waals surface area (Å²) in [6.45, 7) is 7.21. The van der Waals surface area contributed by atoms with Gasteiger partial charge >= 0.3 is 0 Å². The third-order valence-corrected chi connectivity index (χ3v) is 3.19. The van der Waals surface area contributed by atoms with Gasteiger partial charge in [-0.25, -0.2) is 0 Å². The van der Waals surface area contributed by atoms with E-state index in [1.54, 1.807) is 0 Å². The molecular weight excluding hydrogens is 136 g/mol. The molecule has 0 aliphatic heterocycles. The van der Waals surface area contributed by atoms with Gasteiger partial charge < -0.3 is 5.11 Å². The van der Waals surface area contributed by atoms with Crippen LogP contribution >= 0.6 is 0 Å². The fourth-order valence-corrected chi connectivity index (χ4v) is 1.69. The largest absolute Gasteiger partial charge is 0.396 e. The smallest absolute Gasteiger partial charge is 0.0484 e. The lowest BCUT2D eigenvalue weighted by atomic mass is 9.66. The van der Waals surface area contributed by atoms with Crippen molar-refractivity contribution in [3.63, 3.8) is 0 Å². The molecule has 0 saturated heterocycles. The fourth-order valence-electron chi connectivity index (χ4n) is 1.69. The SMILES string of the molecule is CC1(C)CCC(C)(CO)CC1. The van der Waals surface area contributed by atoms with E-state index in [1.165, 1.54) is 25.7 Å². The Morgan fingerprint density at radius 2 is 1.45 bits per heavy atom. The Kier molecular flexibility index (Phi) is 2.29. The van der Waals surface area contributed by atoms with E-state index in [9.17, 15) is 0 Å². The van der Waals surface area contributed by atoms with E-state index < -0.39 is 0 Å². The molecule has 1 saturated carbocycles. The van der Waals surface area contributed by atoms with Crippen molar-refractivity contribution in [2.24, 2.45) is 10.8 Å². The van der Waals surface area contributed by atoms with Crippen molar-refractivity contribution in [2.45, 2.75) is 46.5 Å². The van der Waals surface area contributed by atoms with E-state index in [2.05, 4.69) is 20.8 Å². The standard InChI is InChI=1S/C10H20O/c1-9(2)4-6-10(3,8-11)7-5-9/h11H,4-8H2,1-3H3. The van der Waals surface area contributed by atoms with Gasteiger partial charge in [0.05, 0.1) is 0 Å². The summed E-state index contributed by atoms with van der Waals surface area (Å²) in [6, 6.07) is 0. The Balaban J connectivity index is 2.48. The molecule has 0 radical (unpaired) electrons. The maximum Gasteiger partial charge on any atom is 0.0484 e. The molecule has 0 amide bonds. The van der Waals surface area contributed by atoms with Crippen molar-refractivity contribution in [3.05, 3.63) is 0 Å². The van der Waals surface area contributed by atoms with Gasteiger partial charge in [0.15, 0.2) is 0 Å². The van der Waals surface area contributed by atoms with E-state index >= 15 is 0 Å². The Morgan fingerprint density at radius 3 is 1.82 bits per heavy atom. The van der Waals surface area contributed by atoms with Crippen molar-refractivity contribution in [1.29, 1.82) is 0 Å². The van der Waals surface area contributed by atoms with Gasteiger partial charge in [-0.1, -0.05) is 20.8 Å². The van der Waals surface area contributed by atoms with Crippen LogP contribution in [0.1, 0.15) is 46.5 Å². The van der Waals surface area contributed by atoms with Crippen molar-refractivity contribution in [1.82, 2.24) is 0 Å². The van der Waals surface area contributed by atoms with E-state index in [4.69, 9.17) is 5.11 Å². The lowest BCUT2D eigenvalue weighted by Gasteiger charge is -2.40. The van der Waals surface area contributed by atoms with Gasteiger partial charge in [0.2, 0.25) is 0 Å². The first-order valence-electron chi connectivity index (χ1n) is 4.58. The summed E-state index contributed by atoms with van der Waals surface area (Å²) in [5.74, 6) is 0. The third kappa shape index (κ3) is 2.19. The molecule has 1 N–H and O–H groups in total. The topological polar surface area (TPSA) is 20.2 Å². The molecule has 0 bridgehead atoms. The van der Waals surface area contributed by atoms with Gasteiger partial charge in [0.25, 0.3) is 0 Å². The maximum atomic E-state index is 9.12. The quantitative estimate of drug-likeness (QED) is 0.618. The van der Waals surface area contributed by atoms with Gasteiger partial charge in [0, 0.05) is 6.61 Å². The van der Waals surface area contributed by atoms with Gasteiger partial charge in [-0.15, -0.1) is 0 Å². The molecule has 0 spiro atoms.